The minimum Gasteiger partial charge on any atom is -0.479 e. The van der Waals surface area contributed by atoms with Gasteiger partial charge in [0.15, 0.2) is 6.10 Å². The fourth-order valence-electron chi connectivity index (χ4n) is 2.51. The van der Waals surface area contributed by atoms with E-state index in [9.17, 15) is 14.9 Å². The highest BCUT2D eigenvalue weighted by Gasteiger charge is 2.18. The van der Waals surface area contributed by atoms with E-state index >= 15 is 0 Å². The van der Waals surface area contributed by atoms with Gasteiger partial charge in [-0.3, -0.25) is 14.9 Å². The highest BCUT2D eigenvalue weighted by atomic mass is 35.5. The van der Waals surface area contributed by atoms with E-state index in [0.29, 0.717) is 5.69 Å². The van der Waals surface area contributed by atoms with Gasteiger partial charge in [0, 0.05) is 23.2 Å². The Balaban J connectivity index is 1.75. The van der Waals surface area contributed by atoms with Crippen molar-refractivity contribution in [3.63, 3.8) is 0 Å². The summed E-state index contributed by atoms with van der Waals surface area (Å²) in [5.41, 5.74) is 0.536. The SMILES string of the molecule is C[C@@H](Oc1ccc([N+](=O)[O-])cc1Cl)C(=O)Nc1cccc2ccccc12. The predicted octanol–water partition coefficient (Wildman–Crippen LogP) is 4.81. The molecule has 7 heteroatoms. The molecular weight excluding hydrogens is 356 g/mol. The molecule has 26 heavy (non-hydrogen) atoms. The van der Waals surface area contributed by atoms with E-state index in [2.05, 4.69) is 5.32 Å². The van der Waals surface area contributed by atoms with Crippen LogP contribution in [0.15, 0.2) is 60.7 Å². The number of anilines is 1. The van der Waals surface area contributed by atoms with Gasteiger partial charge in [-0.25, -0.2) is 0 Å². The van der Waals surface area contributed by atoms with Crippen LogP contribution in [0.4, 0.5) is 11.4 Å². The number of nitro groups is 1. The third-order valence-electron chi connectivity index (χ3n) is 3.85. The summed E-state index contributed by atoms with van der Waals surface area (Å²) < 4.78 is 5.56. The van der Waals surface area contributed by atoms with Crippen LogP contribution in [0.5, 0.6) is 5.75 Å². The van der Waals surface area contributed by atoms with Gasteiger partial charge < -0.3 is 10.1 Å². The van der Waals surface area contributed by atoms with Crippen LogP contribution in [0.3, 0.4) is 0 Å². The number of non-ortho nitro benzene ring substituents is 1. The monoisotopic (exact) mass is 370 g/mol. The molecule has 0 aliphatic rings. The molecular formula is C19H15ClN2O4. The Kier molecular flexibility index (Phi) is 5.04. The van der Waals surface area contributed by atoms with E-state index in [-0.39, 0.29) is 22.4 Å². The number of nitrogens with one attached hydrogen (secondary N) is 1. The number of nitrogens with zero attached hydrogens (tertiary/aromatic N) is 1. The van der Waals surface area contributed by atoms with Crippen molar-refractivity contribution in [1.29, 1.82) is 0 Å². The molecule has 0 aliphatic heterocycles. The Bertz CT molecular complexity index is 985. The van der Waals surface area contributed by atoms with Crippen LogP contribution in [0.1, 0.15) is 6.92 Å². The van der Waals surface area contributed by atoms with Crippen molar-refractivity contribution >= 4 is 39.7 Å². The van der Waals surface area contributed by atoms with Gasteiger partial charge in [0.25, 0.3) is 11.6 Å². The number of fused-ring (bicyclic) bond motifs is 1. The zero-order valence-corrected chi connectivity index (χ0v) is 14.6. The van der Waals surface area contributed by atoms with Crippen molar-refractivity contribution in [2.75, 3.05) is 5.32 Å². The summed E-state index contributed by atoms with van der Waals surface area (Å²) in [5, 5.41) is 15.6. The smallest absolute Gasteiger partial charge is 0.271 e. The maximum atomic E-state index is 12.5. The number of ether oxygens (including phenoxy) is 1. The Labute approximate surface area is 154 Å². The molecule has 0 saturated carbocycles. The van der Waals surface area contributed by atoms with Crippen LogP contribution in [-0.2, 0) is 4.79 Å². The molecule has 1 amide bonds. The number of carbonyl (C=O) groups excluding carboxylic acids is 1. The van der Waals surface area contributed by atoms with Crippen molar-refractivity contribution in [2.24, 2.45) is 0 Å². The fraction of sp³-hybridized carbons (Fsp3) is 0.105. The number of halogens is 1. The first kappa shape index (κ1) is 17.7. The Morgan fingerprint density at radius 3 is 2.62 bits per heavy atom. The van der Waals surface area contributed by atoms with Gasteiger partial charge in [-0.15, -0.1) is 0 Å². The molecule has 1 atom stereocenters. The summed E-state index contributed by atoms with van der Waals surface area (Å²) in [5.74, 6) is -0.145. The summed E-state index contributed by atoms with van der Waals surface area (Å²) in [6.45, 7) is 1.58. The van der Waals surface area contributed by atoms with Crippen molar-refractivity contribution < 1.29 is 14.5 Å². The van der Waals surface area contributed by atoms with Crippen molar-refractivity contribution in [3.8, 4) is 5.75 Å². The Morgan fingerprint density at radius 2 is 1.88 bits per heavy atom. The summed E-state index contributed by atoms with van der Waals surface area (Å²) in [6.07, 6.45) is -0.840. The summed E-state index contributed by atoms with van der Waals surface area (Å²) in [4.78, 5) is 22.7. The minimum absolute atomic E-state index is 0.0732. The standard InChI is InChI=1S/C19H15ClN2O4/c1-12(26-18-10-9-14(22(24)25)11-16(18)20)19(23)21-17-8-4-6-13-5-2-3-7-15(13)17/h2-12H,1H3,(H,21,23)/t12-/m1/s1. The lowest BCUT2D eigenvalue weighted by molar-refractivity contribution is -0.384. The highest BCUT2D eigenvalue weighted by molar-refractivity contribution is 6.32. The molecule has 1 N–H and O–H groups in total. The van der Waals surface area contributed by atoms with E-state index in [1.807, 2.05) is 42.5 Å². The molecule has 3 aromatic carbocycles. The van der Waals surface area contributed by atoms with E-state index in [1.54, 1.807) is 6.92 Å². The van der Waals surface area contributed by atoms with Gasteiger partial charge in [0.1, 0.15) is 5.75 Å². The van der Waals surface area contributed by atoms with Gasteiger partial charge in [-0.2, -0.15) is 0 Å². The maximum absolute atomic E-state index is 12.5. The van der Waals surface area contributed by atoms with Gasteiger partial charge >= 0.3 is 0 Å². The lowest BCUT2D eigenvalue weighted by Crippen LogP contribution is -2.30. The Hall–Kier alpha value is -3.12. The number of hydrogen-bond donors (Lipinski definition) is 1. The molecule has 0 heterocycles. The minimum atomic E-state index is -0.840. The summed E-state index contributed by atoms with van der Waals surface area (Å²) in [7, 11) is 0. The molecule has 132 valence electrons. The average molecular weight is 371 g/mol. The van der Waals surface area contributed by atoms with Gasteiger partial charge in [-0.05, 0) is 24.4 Å². The Morgan fingerprint density at radius 1 is 1.15 bits per heavy atom. The van der Waals surface area contributed by atoms with Crippen LogP contribution in [-0.4, -0.2) is 16.9 Å². The normalized spacial score (nSPS) is 11.8. The number of nitro benzene ring substituents is 1. The van der Waals surface area contributed by atoms with Crippen LogP contribution >= 0.6 is 11.6 Å². The zero-order chi connectivity index (χ0) is 18.7. The quantitative estimate of drug-likeness (QED) is 0.516. The molecule has 0 aliphatic carbocycles. The molecule has 0 unspecified atom stereocenters. The molecule has 0 spiro atoms. The fourth-order valence-corrected chi connectivity index (χ4v) is 2.73. The first-order chi connectivity index (χ1) is 12.5. The second-order valence-electron chi connectivity index (χ2n) is 5.65. The molecule has 0 saturated heterocycles. The van der Waals surface area contributed by atoms with E-state index in [4.69, 9.17) is 16.3 Å². The van der Waals surface area contributed by atoms with Crippen molar-refractivity contribution in [1.82, 2.24) is 0 Å². The van der Waals surface area contributed by atoms with Crippen molar-refractivity contribution in [3.05, 3.63) is 75.8 Å². The number of amides is 1. The molecule has 3 rings (SSSR count). The lowest BCUT2D eigenvalue weighted by Gasteiger charge is -2.16. The number of hydrogen-bond acceptors (Lipinski definition) is 4. The predicted molar refractivity (Wildman–Crippen MR) is 101 cm³/mol. The van der Waals surface area contributed by atoms with Crippen LogP contribution in [0.25, 0.3) is 10.8 Å². The molecule has 0 radical (unpaired) electrons. The molecule has 0 aromatic heterocycles. The number of carbonyl (C=O) groups is 1. The van der Waals surface area contributed by atoms with E-state index in [0.717, 1.165) is 10.8 Å². The summed E-state index contributed by atoms with van der Waals surface area (Å²) >= 11 is 6.00. The average Bonchev–Trinajstić information content (AvgIpc) is 2.63. The maximum Gasteiger partial charge on any atom is 0.271 e. The summed E-state index contributed by atoms with van der Waals surface area (Å²) in [6, 6.07) is 17.2. The second-order valence-corrected chi connectivity index (χ2v) is 6.06. The molecule has 6 nitrogen and oxygen atoms in total. The van der Waals surface area contributed by atoms with E-state index in [1.165, 1.54) is 18.2 Å². The molecule has 3 aromatic rings. The van der Waals surface area contributed by atoms with Gasteiger partial charge in [0.05, 0.1) is 9.95 Å². The van der Waals surface area contributed by atoms with Crippen LogP contribution in [0.2, 0.25) is 5.02 Å². The first-order valence-electron chi connectivity index (χ1n) is 7.85. The van der Waals surface area contributed by atoms with Gasteiger partial charge in [-0.1, -0.05) is 48.0 Å². The largest absolute Gasteiger partial charge is 0.479 e. The second kappa shape index (κ2) is 7.41. The molecule has 0 fully saturated rings. The highest BCUT2D eigenvalue weighted by Crippen LogP contribution is 2.30. The molecule has 0 bridgehead atoms. The third kappa shape index (κ3) is 3.75. The van der Waals surface area contributed by atoms with Gasteiger partial charge in [0.2, 0.25) is 0 Å². The van der Waals surface area contributed by atoms with E-state index < -0.39 is 11.0 Å². The zero-order valence-electron chi connectivity index (χ0n) is 13.8. The number of rotatable bonds is 5. The van der Waals surface area contributed by atoms with Crippen LogP contribution < -0.4 is 10.1 Å². The van der Waals surface area contributed by atoms with Crippen LogP contribution in [0, 0.1) is 10.1 Å². The lowest BCUT2D eigenvalue weighted by atomic mass is 10.1. The number of benzene rings is 3. The topological polar surface area (TPSA) is 81.5 Å². The van der Waals surface area contributed by atoms with Crippen molar-refractivity contribution in [2.45, 2.75) is 13.0 Å². The third-order valence-corrected chi connectivity index (χ3v) is 4.14. The first-order valence-corrected chi connectivity index (χ1v) is 8.23.